The molecule has 0 aliphatic heterocycles. The number of nitro benzene ring substituents is 1. The van der Waals surface area contributed by atoms with Crippen LogP contribution in [0, 0.1) is 10.1 Å². The lowest BCUT2D eigenvalue weighted by Crippen LogP contribution is -2.36. The molecule has 1 aliphatic carbocycles. The van der Waals surface area contributed by atoms with Crippen LogP contribution in [0.2, 0.25) is 5.02 Å². The van der Waals surface area contributed by atoms with E-state index in [9.17, 15) is 14.9 Å². The molecule has 2 aromatic rings. The molecule has 2 aromatic carbocycles. The average molecular weight is 361 g/mol. The van der Waals surface area contributed by atoms with Gasteiger partial charge in [0.05, 0.1) is 4.92 Å². The molecule has 0 atom stereocenters. The van der Waals surface area contributed by atoms with E-state index in [0.29, 0.717) is 6.54 Å². The van der Waals surface area contributed by atoms with Crippen LogP contribution in [0.1, 0.15) is 18.4 Å². The molecule has 0 unspecified atom stereocenters. The second-order valence-corrected chi connectivity index (χ2v) is 6.33. The van der Waals surface area contributed by atoms with E-state index in [1.165, 1.54) is 18.2 Å². The van der Waals surface area contributed by atoms with E-state index < -0.39 is 4.92 Å². The first kappa shape index (κ1) is 17.2. The number of nitrogens with zero attached hydrogens (tertiary/aromatic N) is 2. The SMILES string of the molecule is O=C(COc1ccc(Cl)cc1[N+](=O)[O-])N(Cc1ccccc1)C1CC1. The molecule has 1 fully saturated rings. The van der Waals surface area contributed by atoms with Crippen LogP contribution < -0.4 is 4.74 Å². The van der Waals surface area contributed by atoms with E-state index in [1.54, 1.807) is 4.90 Å². The van der Waals surface area contributed by atoms with Crippen molar-refractivity contribution in [3.05, 3.63) is 69.2 Å². The van der Waals surface area contributed by atoms with Crippen molar-refractivity contribution in [2.24, 2.45) is 0 Å². The third kappa shape index (κ3) is 4.48. The number of amides is 1. The van der Waals surface area contributed by atoms with Crippen LogP contribution in [-0.2, 0) is 11.3 Å². The third-order valence-electron chi connectivity index (χ3n) is 3.97. The number of hydrogen-bond donors (Lipinski definition) is 0. The molecule has 3 rings (SSSR count). The number of carbonyl (C=O) groups is 1. The summed E-state index contributed by atoms with van der Waals surface area (Å²) >= 11 is 5.78. The first-order chi connectivity index (χ1) is 12.0. The minimum atomic E-state index is -0.575. The molecule has 1 aliphatic rings. The van der Waals surface area contributed by atoms with Gasteiger partial charge in [0, 0.05) is 23.7 Å². The number of carbonyl (C=O) groups excluding carboxylic acids is 1. The fraction of sp³-hybridized carbons (Fsp3) is 0.278. The van der Waals surface area contributed by atoms with Gasteiger partial charge in [-0.25, -0.2) is 0 Å². The van der Waals surface area contributed by atoms with Gasteiger partial charge in [0.15, 0.2) is 12.4 Å². The summed E-state index contributed by atoms with van der Waals surface area (Å²) in [5.41, 5.74) is 0.793. The molecule has 0 bridgehead atoms. The number of rotatable bonds is 7. The zero-order chi connectivity index (χ0) is 17.8. The molecule has 0 saturated heterocycles. The molecule has 0 N–H and O–H groups in total. The van der Waals surface area contributed by atoms with Crippen LogP contribution in [0.5, 0.6) is 5.75 Å². The number of benzene rings is 2. The largest absolute Gasteiger partial charge is 0.477 e. The van der Waals surface area contributed by atoms with Crippen molar-refractivity contribution in [2.45, 2.75) is 25.4 Å². The summed E-state index contributed by atoms with van der Waals surface area (Å²) in [5, 5.41) is 11.3. The highest BCUT2D eigenvalue weighted by atomic mass is 35.5. The fourth-order valence-electron chi connectivity index (χ4n) is 2.56. The van der Waals surface area contributed by atoms with E-state index in [4.69, 9.17) is 16.3 Å². The molecule has 6 nitrogen and oxygen atoms in total. The number of nitro groups is 1. The van der Waals surface area contributed by atoms with Crippen molar-refractivity contribution in [3.63, 3.8) is 0 Å². The Kier molecular flexibility index (Phi) is 5.19. The molecule has 130 valence electrons. The predicted octanol–water partition coefficient (Wildman–Crippen LogP) is 3.82. The molecule has 0 heterocycles. The second-order valence-electron chi connectivity index (χ2n) is 5.90. The van der Waals surface area contributed by atoms with Crippen molar-refractivity contribution in [1.82, 2.24) is 4.90 Å². The molecule has 25 heavy (non-hydrogen) atoms. The second kappa shape index (κ2) is 7.53. The number of halogens is 1. The van der Waals surface area contributed by atoms with E-state index in [0.717, 1.165) is 18.4 Å². The Balaban J connectivity index is 1.67. The lowest BCUT2D eigenvalue weighted by Gasteiger charge is -2.22. The van der Waals surface area contributed by atoms with E-state index in [-0.39, 0.29) is 35.0 Å². The van der Waals surface area contributed by atoms with Gasteiger partial charge in [0.25, 0.3) is 5.91 Å². The van der Waals surface area contributed by atoms with Gasteiger partial charge in [-0.3, -0.25) is 14.9 Å². The molecule has 7 heteroatoms. The van der Waals surface area contributed by atoms with Crippen molar-refractivity contribution in [1.29, 1.82) is 0 Å². The molecular weight excluding hydrogens is 344 g/mol. The molecule has 1 saturated carbocycles. The summed E-state index contributed by atoms with van der Waals surface area (Å²) < 4.78 is 5.42. The Hall–Kier alpha value is -2.60. The van der Waals surface area contributed by atoms with Crippen LogP contribution in [-0.4, -0.2) is 28.4 Å². The summed E-state index contributed by atoms with van der Waals surface area (Å²) in [6, 6.07) is 14.1. The summed E-state index contributed by atoms with van der Waals surface area (Å²) in [5.74, 6) is -0.145. The van der Waals surface area contributed by atoms with Gasteiger partial charge in [-0.15, -0.1) is 0 Å². The number of ether oxygens (including phenoxy) is 1. The molecule has 1 amide bonds. The highest BCUT2D eigenvalue weighted by Gasteiger charge is 2.33. The van der Waals surface area contributed by atoms with Crippen molar-refractivity contribution in [3.8, 4) is 5.75 Å². The Morgan fingerprint density at radius 3 is 2.60 bits per heavy atom. The van der Waals surface area contributed by atoms with Crippen molar-refractivity contribution >= 4 is 23.2 Å². The van der Waals surface area contributed by atoms with Crippen LogP contribution in [0.4, 0.5) is 5.69 Å². The van der Waals surface area contributed by atoms with Gasteiger partial charge < -0.3 is 9.64 Å². The van der Waals surface area contributed by atoms with Crippen molar-refractivity contribution in [2.75, 3.05) is 6.61 Å². The van der Waals surface area contributed by atoms with E-state index in [1.807, 2.05) is 30.3 Å². The number of hydrogen-bond acceptors (Lipinski definition) is 4. The highest BCUT2D eigenvalue weighted by molar-refractivity contribution is 6.30. The predicted molar refractivity (Wildman–Crippen MR) is 93.6 cm³/mol. The van der Waals surface area contributed by atoms with Gasteiger partial charge >= 0.3 is 5.69 Å². The topological polar surface area (TPSA) is 72.7 Å². The zero-order valence-corrected chi connectivity index (χ0v) is 14.2. The lowest BCUT2D eigenvalue weighted by molar-refractivity contribution is -0.385. The Bertz CT molecular complexity index is 778. The van der Waals surface area contributed by atoms with Gasteiger partial charge in [-0.05, 0) is 30.5 Å². The average Bonchev–Trinajstić information content (AvgIpc) is 3.44. The quantitative estimate of drug-likeness (QED) is 0.555. The Labute approximate surface area is 150 Å². The minimum Gasteiger partial charge on any atom is -0.477 e. The van der Waals surface area contributed by atoms with Crippen molar-refractivity contribution < 1.29 is 14.5 Å². The highest BCUT2D eigenvalue weighted by Crippen LogP contribution is 2.31. The lowest BCUT2D eigenvalue weighted by atomic mass is 10.2. The van der Waals surface area contributed by atoms with Gasteiger partial charge in [0.2, 0.25) is 0 Å². The first-order valence-corrected chi connectivity index (χ1v) is 8.32. The zero-order valence-electron chi connectivity index (χ0n) is 13.4. The van der Waals surface area contributed by atoms with Crippen LogP contribution in [0.15, 0.2) is 48.5 Å². The maximum atomic E-state index is 12.6. The Morgan fingerprint density at radius 2 is 1.96 bits per heavy atom. The van der Waals surface area contributed by atoms with Crippen LogP contribution in [0.3, 0.4) is 0 Å². The molecule has 0 spiro atoms. The van der Waals surface area contributed by atoms with E-state index in [2.05, 4.69) is 0 Å². The smallest absolute Gasteiger partial charge is 0.312 e. The third-order valence-corrected chi connectivity index (χ3v) is 4.21. The standard InChI is InChI=1S/C18H17ClN2O4/c19-14-6-9-17(16(10-14)21(23)24)25-12-18(22)20(15-7-8-15)11-13-4-2-1-3-5-13/h1-6,9-10,15H,7-8,11-12H2. The van der Waals surface area contributed by atoms with Crippen LogP contribution in [0.25, 0.3) is 0 Å². The summed E-state index contributed by atoms with van der Waals surface area (Å²) in [6.45, 7) is 0.266. The van der Waals surface area contributed by atoms with Gasteiger partial charge in [0.1, 0.15) is 0 Å². The maximum Gasteiger partial charge on any atom is 0.312 e. The summed E-state index contributed by atoms with van der Waals surface area (Å²) in [6.07, 6.45) is 1.94. The monoisotopic (exact) mass is 360 g/mol. The minimum absolute atomic E-state index is 0.0400. The molecular formula is C18H17ClN2O4. The van der Waals surface area contributed by atoms with Gasteiger partial charge in [-0.2, -0.15) is 0 Å². The van der Waals surface area contributed by atoms with E-state index >= 15 is 0 Å². The fourth-order valence-corrected chi connectivity index (χ4v) is 2.73. The molecule has 0 radical (unpaired) electrons. The normalized spacial score (nSPS) is 13.3. The summed E-state index contributed by atoms with van der Waals surface area (Å²) in [4.78, 5) is 24.8. The summed E-state index contributed by atoms with van der Waals surface area (Å²) in [7, 11) is 0. The maximum absolute atomic E-state index is 12.6. The molecule has 0 aromatic heterocycles. The Morgan fingerprint density at radius 1 is 1.24 bits per heavy atom. The van der Waals surface area contributed by atoms with Crippen LogP contribution >= 0.6 is 11.6 Å². The first-order valence-electron chi connectivity index (χ1n) is 7.95. The van der Waals surface area contributed by atoms with Gasteiger partial charge in [-0.1, -0.05) is 41.9 Å².